The van der Waals surface area contributed by atoms with E-state index in [0.29, 0.717) is 38.8 Å². The Morgan fingerprint density at radius 2 is 1.44 bits per heavy atom. The molecule has 0 rings (SSSR count). The second-order valence-electron chi connectivity index (χ2n) is 7.35. The van der Waals surface area contributed by atoms with Crippen LogP contribution in [0.4, 0.5) is 4.79 Å². The maximum atomic E-state index is 12.3. The smallest absolute Gasteiger partial charge is 0.426 e. The van der Waals surface area contributed by atoms with E-state index in [4.69, 9.17) is 21.9 Å². The minimum Gasteiger partial charge on any atom is -0.443 e. The lowest BCUT2D eigenvalue weighted by Crippen LogP contribution is -2.55. The van der Waals surface area contributed by atoms with Crippen molar-refractivity contribution in [2.24, 2.45) is 17.2 Å². The SMILES string of the molecule is CC(C)(C)OC(=O)NNC(=O)[C@H](CCCCN)NC(=O)[C@@H](N)CCCCN. The molecule has 2 atom stereocenters. The van der Waals surface area contributed by atoms with Crippen LogP contribution in [0.2, 0.25) is 0 Å². The molecule has 0 aromatic heterocycles. The van der Waals surface area contributed by atoms with Crippen LogP contribution in [0.25, 0.3) is 0 Å². The first kappa shape index (κ1) is 25.1. The summed E-state index contributed by atoms with van der Waals surface area (Å²) in [6.07, 6.45) is 2.93. The highest BCUT2D eigenvalue weighted by Gasteiger charge is 2.24. The van der Waals surface area contributed by atoms with Gasteiger partial charge in [0.15, 0.2) is 0 Å². The molecule has 0 fully saturated rings. The van der Waals surface area contributed by atoms with E-state index in [0.717, 1.165) is 12.8 Å². The molecule has 10 nitrogen and oxygen atoms in total. The third-order valence-corrected chi connectivity index (χ3v) is 3.57. The van der Waals surface area contributed by atoms with Gasteiger partial charge in [-0.2, -0.15) is 0 Å². The van der Waals surface area contributed by atoms with Crippen molar-refractivity contribution in [1.82, 2.24) is 16.2 Å². The topological polar surface area (TPSA) is 175 Å². The van der Waals surface area contributed by atoms with Gasteiger partial charge < -0.3 is 27.3 Å². The summed E-state index contributed by atoms with van der Waals surface area (Å²) >= 11 is 0. The number of carbonyl (C=O) groups is 3. The number of hydrazine groups is 1. The first-order valence-electron chi connectivity index (χ1n) is 9.35. The molecule has 0 aliphatic carbocycles. The van der Waals surface area contributed by atoms with Crippen molar-refractivity contribution in [2.45, 2.75) is 77.0 Å². The molecule has 158 valence electrons. The molecule has 0 aliphatic rings. The van der Waals surface area contributed by atoms with Gasteiger partial charge in [0.05, 0.1) is 6.04 Å². The Labute approximate surface area is 161 Å². The number of amides is 3. The standard InChI is InChI=1S/C17H36N6O4/c1-17(2,3)27-16(26)23-22-15(25)13(9-5-7-11-19)21-14(24)12(20)8-4-6-10-18/h12-13H,4-11,18-20H2,1-3H3,(H,21,24)(H,22,25)(H,23,26)/t12-,13-/m0/s1. The van der Waals surface area contributed by atoms with Gasteiger partial charge in [0.1, 0.15) is 11.6 Å². The zero-order valence-corrected chi connectivity index (χ0v) is 16.7. The number of nitrogens with one attached hydrogen (secondary N) is 3. The Bertz CT molecular complexity index is 467. The first-order chi connectivity index (χ1) is 12.6. The molecule has 0 aromatic rings. The molecule has 9 N–H and O–H groups in total. The summed E-state index contributed by atoms with van der Waals surface area (Å²) in [6, 6.07) is -1.56. The number of ether oxygens (including phenoxy) is 1. The van der Waals surface area contributed by atoms with Crippen LogP contribution in [0.3, 0.4) is 0 Å². The summed E-state index contributed by atoms with van der Waals surface area (Å²) in [5.41, 5.74) is 20.5. The maximum Gasteiger partial charge on any atom is 0.426 e. The summed E-state index contributed by atoms with van der Waals surface area (Å²) < 4.78 is 5.04. The van der Waals surface area contributed by atoms with Crippen molar-refractivity contribution in [3.63, 3.8) is 0 Å². The van der Waals surface area contributed by atoms with Gasteiger partial charge in [-0.1, -0.05) is 6.42 Å². The average Bonchev–Trinajstić information content (AvgIpc) is 2.57. The Hall–Kier alpha value is -1.91. The molecule has 27 heavy (non-hydrogen) atoms. The van der Waals surface area contributed by atoms with Crippen LogP contribution in [0.1, 0.15) is 59.3 Å². The Balaban J connectivity index is 4.65. The lowest BCUT2D eigenvalue weighted by Gasteiger charge is -2.22. The summed E-state index contributed by atoms with van der Waals surface area (Å²) in [6.45, 7) is 6.13. The first-order valence-corrected chi connectivity index (χ1v) is 9.35. The molecule has 0 spiro atoms. The zero-order valence-electron chi connectivity index (χ0n) is 16.7. The van der Waals surface area contributed by atoms with Crippen molar-refractivity contribution in [1.29, 1.82) is 0 Å². The van der Waals surface area contributed by atoms with E-state index in [-0.39, 0.29) is 0 Å². The fourth-order valence-corrected chi connectivity index (χ4v) is 2.18. The number of unbranched alkanes of at least 4 members (excludes halogenated alkanes) is 2. The second kappa shape index (κ2) is 13.3. The Kier molecular flexibility index (Phi) is 12.3. The van der Waals surface area contributed by atoms with Crippen molar-refractivity contribution >= 4 is 17.9 Å². The van der Waals surface area contributed by atoms with Gasteiger partial charge in [-0.3, -0.25) is 15.0 Å². The molecule has 0 bridgehead atoms. The summed E-state index contributed by atoms with van der Waals surface area (Å²) in [5, 5.41) is 2.63. The minimum atomic E-state index is -0.834. The predicted molar refractivity (Wildman–Crippen MR) is 103 cm³/mol. The number of carbonyl (C=O) groups excluding carboxylic acids is 3. The highest BCUT2D eigenvalue weighted by Crippen LogP contribution is 2.06. The summed E-state index contributed by atoms with van der Waals surface area (Å²) in [4.78, 5) is 36.2. The molecule has 3 amide bonds. The molecule has 0 aromatic carbocycles. The fraction of sp³-hybridized carbons (Fsp3) is 0.824. The van der Waals surface area contributed by atoms with E-state index in [1.165, 1.54) is 0 Å². The molecule has 0 aliphatic heterocycles. The van der Waals surface area contributed by atoms with Crippen molar-refractivity contribution in [3.8, 4) is 0 Å². The van der Waals surface area contributed by atoms with Gasteiger partial charge in [0, 0.05) is 0 Å². The Morgan fingerprint density at radius 3 is 1.96 bits per heavy atom. The van der Waals surface area contributed by atoms with Gasteiger partial charge in [-0.15, -0.1) is 0 Å². The van der Waals surface area contributed by atoms with Crippen LogP contribution >= 0.6 is 0 Å². The maximum absolute atomic E-state index is 12.3. The van der Waals surface area contributed by atoms with Crippen molar-refractivity contribution < 1.29 is 19.1 Å². The van der Waals surface area contributed by atoms with Crippen molar-refractivity contribution in [3.05, 3.63) is 0 Å². The van der Waals surface area contributed by atoms with Gasteiger partial charge in [-0.05, 0) is 66.0 Å². The highest BCUT2D eigenvalue weighted by molar-refractivity contribution is 5.90. The van der Waals surface area contributed by atoms with Crippen LogP contribution in [0.5, 0.6) is 0 Å². The summed E-state index contributed by atoms with van der Waals surface area (Å²) in [5.74, 6) is -0.974. The van der Waals surface area contributed by atoms with E-state index in [2.05, 4.69) is 16.2 Å². The van der Waals surface area contributed by atoms with Crippen LogP contribution < -0.4 is 33.4 Å². The van der Waals surface area contributed by atoms with Gasteiger partial charge in [0.2, 0.25) is 5.91 Å². The number of nitrogens with two attached hydrogens (primary N) is 3. The lowest BCUT2D eigenvalue weighted by molar-refractivity contribution is -0.130. The van der Waals surface area contributed by atoms with Gasteiger partial charge in [-0.25, -0.2) is 10.2 Å². The monoisotopic (exact) mass is 388 g/mol. The van der Waals surface area contributed by atoms with Crippen LogP contribution in [-0.2, 0) is 14.3 Å². The van der Waals surface area contributed by atoms with E-state index >= 15 is 0 Å². The highest BCUT2D eigenvalue weighted by atomic mass is 16.6. The zero-order chi connectivity index (χ0) is 20.9. The fourth-order valence-electron chi connectivity index (χ4n) is 2.18. The van der Waals surface area contributed by atoms with Crippen LogP contribution in [0, 0.1) is 0 Å². The lowest BCUT2D eigenvalue weighted by atomic mass is 10.1. The van der Waals surface area contributed by atoms with E-state index in [1.54, 1.807) is 20.8 Å². The van der Waals surface area contributed by atoms with E-state index in [1.807, 2.05) is 0 Å². The normalized spacial score (nSPS) is 13.4. The quantitative estimate of drug-likeness (QED) is 0.206. The number of rotatable bonds is 11. The second-order valence-corrected chi connectivity index (χ2v) is 7.35. The average molecular weight is 389 g/mol. The molecule has 0 heterocycles. The molecule has 0 unspecified atom stereocenters. The molecule has 0 saturated carbocycles. The van der Waals surface area contributed by atoms with Crippen LogP contribution in [0.15, 0.2) is 0 Å². The predicted octanol–water partition coefficient (Wildman–Crippen LogP) is -0.388. The molecule has 0 saturated heterocycles. The third-order valence-electron chi connectivity index (χ3n) is 3.57. The molecular weight excluding hydrogens is 352 g/mol. The van der Waals surface area contributed by atoms with Gasteiger partial charge >= 0.3 is 6.09 Å². The van der Waals surface area contributed by atoms with E-state index < -0.39 is 35.6 Å². The number of hydrogen-bond donors (Lipinski definition) is 6. The van der Waals surface area contributed by atoms with Crippen LogP contribution in [-0.4, -0.2) is 48.7 Å². The third kappa shape index (κ3) is 13.0. The molecular formula is C17H36N6O4. The van der Waals surface area contributed by atoms with Gasteiger partial charge in [0.25, 0.3) is 5.91 Å². The summed E-state index contributed by atoms with van der Waals surface area (Å²) in [7, 11) is 0. The minimum absolute atomic E-state index is 0.375. The molecule has 0 radical (unpaired) electrons. The Morgan fingerprint density at radius 1 is 0.889 bits per heavy atom. The van der Waals surface area contributed by atoms with E-state index in [9.17, 15) is 14.4 Å². The molecule has 10 heteroatoms. The number of hydrogen-bond acceptors (Lipinski definition) is 7. The van der Waals surface area contributed by atoms with Crippen molar-refractivity contribution in [2.75, 3.05) is 13.1 Å². The largest absolute Gasteiger partial charge is 0.443 e.